The van der Waals surface area contributed by atoms with E-state index in [4.69, 9.17) is 5.73 Å². The zero-order valence-electron chi connectivity index (χ0n) is 10.4. The van der Waals surface area contributed by atoms with E-state index in [1.165, 1.54) is 0 Å². The van der Waals surface area contributed by atoms with Gasteiger partial charge in [0.25, 0.3) is 5.91 Å². The van der Waals surface area contributed by atoms with E-state index in [0.29, 0.717) is 11.3 Å². The Morgan fingerprint density at radius 3 is 2.35 bits per heavy atom. The van der Waals surface area contributed by atoms with Crippen LogP contribution in [0.1, 0.15) is 43.5 Å². The zero-order chi connectivity index (χ0) is 12.0. The monoisotopic (exact) mass is 256 g/mol. The lowest BCUT2D eigenvalue weighted by molar-refractivity contribution is 0.0934. The van der Waals surface area contributed by atoms with Gasteiger partial charge in [-0.1, -0.05) is 20.3 Å². The molecule has 0 aliphatic carbocycles. The summed E-state index contributed by atoms with van der Waals surface area (Å²) in [6.07, 6.45) is 3.08. The molecular weight excluding hydrogens is 236 g/mol. The first-order valence-corrected chi connectivity index (χ1v) is 5.83. The van der Waals surface area contributed by atoms with E-state index < -0.39 is 0 Å². The predicted molar refractivity (Wildman–Crippen MR) is 74.6 cm³/mol. The van der Waals surface area contributed by atoms with Crippen LogP contribution in [0.2, 0.25) is 0 Å². The van der Waals surface area contributed by atoms with Gasteiger partial charge in [0.15, 0.2) is 0 Å². The van der Waals surface area contributed by atoms with Crippen molar-refractivity contribution in [3.05, 3.63) is 29.8 Å². The Morgan fingerprint density at radius 2 is 1.88 bits per heavy atom. The molecule has 1 rings (SSSR count). The van der Waals surface area contributed by atoms with Gasteiger partial charge in [-0.25, -0.2) is 0 Å². The van der Waals surface area contributed by atoms with Gasteiger partial charge < -0.3 is 11.1 Å². The van der Waals surface area contributed by atoms with Crippen LogP contribution in [0.15, 0.2) is 24.3 Å². The van der Waals surface area contributed by atoms with Gasteiger partial charge in [0.2, 0.25) is 0 Å². The van der Waals surface area contributed by atoms with Crippen LogP contribution in [0, 0.1) is 0 Å². The summed E-state index contributed by atoms with van der Waals surface area (Å²) in [6, 6.07) is 7.27. The van der Waals surface area contributed by atoms with Crippen molar-refractivity contribution in [2.24, 2.45) is 0 Å². The predicted octanol–water partition coefficient (Wildman–Crippen LogP) is 3.00. The molecule has 0 bridgehead atoms. The zero-order valence-corrected chi connectivity index (χ0v) is 11.2. The van der Waals surface area contributed by atoms with Crippen LogP contribution < -0.4 is 11.1 Å². The van der Waals surface area contributed by atoms with E-state index in [1.54, 1.807) is 24.3 Å². The first-order chi connectivity index (χ1) is 7.67. The number of halogens is 1. The highest BCUT2D eigenvalue weighted by Gasteiger charge is 2.10. The maximum absolute atomic E-state index is 11.8. The number of rotatable bonds is 5. The third-order valence-corrected chi connectivity index (χ3v) is 2.64. The fourth-order valence-corrected chi connectivity index (χ4v) is 1.63. The summed E-state index contributed by atoms with van der Waals surface area (Å²) in [6.45, 7) is 4.21. The van der Waals surface area contributed by atoms with Gasteiger partial charge in [-0.2, -0.15) is 0 Å². The van der Waals surface area contributed by atoms with Crippen molar-refractivity contribution in [1.29, 1.82) is 0 Å². The number of anilines is 1. The van der Waals surface area contributed by atoms with Gasteiger partial charge in [-0.05, 0) is 37.1 Å². The van der Waals surface area contributed by atoms with Crippen LogP contribution in [-0.2, 0) is 0 Å². The van der Waals surface area contributed by atoms with Crippen molar-refractivity contribution < 1.29 is 4.79 Å². The van der Waals surface area contributed by atoms with E-state index in [0.717, 1.165) is 19.3 Å². The molecule has 3 N–H and O–H groups in total. The summed E-state index contributed by atoms with van der Waals surface area (Å²) in [5.41, 5.74) is 6.92. The lowest BCUT2D eigenvalue weighted by atomic mass is 10.1. The number of hydrogen-bond acceptors (Lipinski definition) is 2. The van der Waals surface area contributed by atoms with Crippen LogP contribution in [0.4, 0.5) is 5.69 Å². The van der Waals surface area contributed by atoms with Gasteiger partial charge in [0.1, 0.15) is 0 Å². The van der Waals surface area contributed by atoms with E-state index in [1.807, 2.05) is 0 Å². The summed E-state index contributed by atoms with van der Waals surface area (Å²) < 4.78 is 0. The van der Waals surface area contributed by atoms with Gasteiger partial charge in [-0.3, -0.25) is 4.79 Å². The Hall–Kier alpha value is -1.22. The van der Waals surface area contributed by atoms with Gasteiger partial charge >= 0.3 is 0 Å². The molecule has 1 aromatic carbocycles. The molecule has 1 amide bonds. The second kappa shape index (κ2) is 7.96. The number of hydrogen-bond donors (Lipinski definition) is 2. The van der Waals surface area contributed by atoms with Crippen LogP contribution in [-0.4, -0.2) is 11.9 Å². The molecule has 0 fully saturated rings. The third kappa shape index (κ3) is 5.09. The second-order valence-electron chi connectivity index (χ2n) is 3.99. The average molecular weight is 257 g/mol. The topological polar surface area (TPSA) is 55.1 Å². The minimum atomic E-state index is -0.0136. The van der Waals surface area contributed by atoms with Crippen molar-refractivity contribution in [2.45, 2.75) is 39.2 Å². The molecular formula is C13H21ClN2O. The smallest absolute Gasteiger partial charge is 0.251 e. The Labute approximate surface area is 109 Å². The molecule has 3 nitrogen and oxygen atoms in total. The van der Waals surface area contributed by atoms with Crippen molar-refractivity contribution in [3.63, 3.8) is 0 Å². The fourth-order valence-electron chi connectivity index (χ4n) is 1.63. The Morgan fingerprint density at radius 1 is 1.29 bits per heavy atom. The molecule has 0 aliphatic heterocycles. The van der Waals surface area contributed by atoms with Crippen LogP contribution in [0.25, 0.3) is 0 Å². The Bertz CT molecular complexity index is 338. The number of nitrogens with two attached hydrogens (primary N) is 1. The molecule has 0 saturated heterocycles. The van der Waals surface area contributed by atoms with Crippen molar-refractivity contribution in [3.8, 4) is 0 Å². The minimum Gasteiger partial charge on any atom is -0.399 e. The summed E-state index contributed by atoms with van der Waals surface area (Å²) >= 11 is 0. The second-order valence-corrected chi connectivity index (χ2v) is 3.99. The van der Waals surface area contributed by atoms with Crippen LogP contribution >= 0.6 is 12.4 Å². The van der Waals surface area contributed by atoms with Gasteiger partial charge in [0, 0.05) is 17.3 Å². The molecule has 1 unspecified atom stereocenters. The van der Waals surface area contributed by atoms with E-state index >= 15 is 0 Å². The molecule has 0 saturated carbocycles. The molecule has 17 heavy (non-hydrogen) atoms. The summed E-state index contributed by atoms with van der Waals surface area (Å²) in [7, 11) is 0. The fraction of sp³-hybridized carbons (Fsp3) is 0.462. The lowest BCUT2D eigenvalue weighted by Gasteiger charge is -2.15. The van der Waals surface area contributed by atoms with Gasteiger partial charge in [-0.15, -0.1) is 12.4 Å². The van der Waals surface area contributed by atoms with E-state index in [-0.39, 0.29) is 24.4 Å². The highest BCUT2D eigenvalue weighted by molar-refractivity contribution is 5.94. The molecule has 0 aromatic heterocycles. The molecule has 4 heteroatoms. The SMILES string of the molecule is CCCC(CC)NC(=O)c1ccc(N)cc1.Cl. The first-order valence-electron chi connectivity index (χ1n) is 5.83. The molecule has 0 spiro atoms. The molecule has 96 valence electrons. The number of nitrogen functional groups attached to an aromatic ring is 1. The van der Waals surface area contributed by atoms with Crippen LogP contribution in [0.3, 0.4) is 0 Å². The maximum Gasteiger partial charge on any atom is 0.251 e. The number of benzene rings is 1. The molecule has 0 heterocycles. The van der Waals surface area contributed by atoms with E-state index in [9.17, 15) is 4.79 Å². The Kier molecular flexibility index (Phi) is 7.39. The van der Waals surface area contributed by atoms with Crippen molar-refractivity contribution in [1.82, 2.24) is 5.32 Å². The lowest BCUT2D eigenvalue weighted by Crippen LogP contribution is -2.34. The van der Waals surface area contributed by atoms with Crippen LogP contribution in [0.5, 0.6) is 0 Å². The van der Waals surface area contributed by atoms with Crippen molar-refractivity contribution in [2.75, 3.05) is 5.73 Å². The number of nitrogens with one attached hydrogen (secondary N) is 1. The van der Waals surface area contributed by atoms with E-state index in [2.05, 4.69) is 19.2 Å². The minimum absolute atomic E-state index is 0. The molecule has 1 aromatic rings. The number of carbonyl (C=O) groups is 1. The molecule has 1 atom stereocenters. The largest absolute Gasteiger partial charge is 0.399 e. The summed E-state index contributed by atoms with van der Waals surface area (Å²) in [5.74, 6) is -0.0136. The highest BCUT2D eigenvalue weighted by Crippen LogP contribution is 2.07. The standard InChI is InChI=1S/C13H20N2O.ClH/c1-3-5-12(4-2)15-13(16)10-6-8-11(14)9-7-10;/h6-9,12H,3-5,14H2,1-2H3,(H,15,16);1H. The van der Waals surface area contributed by atoms with Crippen molar-refractivity contribution >= 4 is 24.0 Å². The number of carbonyl (C=O) groups excluding carboxylic acids is 1. The average Bonchev–Trinajstić information content (AvgIpc) is 2.29. The molecule has 0 radical (unpaired) electrons. The summed E-state index contributed by atoms with van der Waals surface area (Å²) in [4.78, 5) is 11.8. The maximum atomic E-state index is 11.8. The number of amides is 1. The normalized spacial score (nSPS) is 11.4. The molecule has 0 aliphatic rings. The quantitative estimate of drug-likeness (QED) is 0.796. The highest BCUT2D eigenvalue weighted by atomic mass is 35.5. The third-order valence-electron chi connectivity index (χ3n) is 2.64. The Balaban J connectivity index is 0.00000256. The van der Waals surface area contributed by atoms with Gasteiger partial charge in [0.05, 0.1) is 0 Å². The summed E-state index contributed by atoms with van der Waals surface area (Å²) in [5, 5.41) is 3.02. The first kappa shape index (κ1) is 15.8.